The number of carboxylic acids is 1. The van der Waals surface area contributed by atoms with E-state index in [1.54, 1.807) is 53.6 Å². The number of carboxylic acid groups (broad SMARTS) is 1. The molecule has 0 bridgehead atoms. The topological polar surface area (TPSA) is 314 Å². The molecular weight excluding hydrogens is 1810 g/mol. The van der Waals surface area contributed by atoms with E-state index in [2.05, 4.69) is 111 Å². The van der Waals surface area contributed by atoms with Gasteiger partial charge in [0, 0.05) is 207 Å². The van der Waals surface area contributed by atoms with E-state index in [0.29, 0.717) is 109 Å². The first kappa shape index (κ1) is 108. The Morgan fingerprint density at radius 1 is 0.424 bits per heavy atom. The van der Waals surface area contributed by atoms with Crippen LogP contribution in [0.4, 0.5) is 14.4 Å². The average Bonchev–Trinajstić information content (AvgIpc) is 1.66. The molecule has 144 heavy (non-hydrogen) atoms. The number of aryl methyl sites for hydroxylation is 6. The normalized spacial score (nSPS) is 19.8. The minimum Gasteiger partial charge on any atom is -0.870 e. The third kappa shape index (κ3) is 25.8. The summed E-state index contributed by atoms with van der Waals surface area (Å²) in [7, 11) is 15.2. The van der Waals surface area contributed by atoms with Gasteiger partial charge in [0.15, 0.2) is 23.1 Å². The quantitative estimate of drug-likeness (QED) is 0.0800. The van der Waals surface area contributed by atoms with Crippen molar-refractivity contribution in [1.82, 2.24) is 88.6 Å². The van der Waals surface area contributed by atoms with Crippen LogP contribution in [0, 0.1) is 38.5 Å². The number of carbonyl (C=O) groups excluding carboxylic acids is 8. The van der Waals surface area contributed by atoms with E-state index in [9.17, 15) is 48.3 Å². The zero-order chi connectivity index (χ0) is 100. The summed E-state index contributed by atoms with van der Waals surface area (Å²) in [6.45, 7) is 26.8. The molecule has 11 aliphatic rings. The SMILES string of the molecule is CC(=O)[C@@H](Cc1cc(C)c2c(cnn2C)c1)N(C)C(=O)N1CCC(C2=Cc3ccccc3CC2=O)CC1.CC1CCCO1.CN1CCC(N2CCNCC2)CC1.Cc1cc(C[C@H](C(=O)N2CCN(C3CCN(C)CC3)CC2)N(C)C(=O)N2CCC(C3=Cc4ccccc4CC3=O)CC2)cc2cnn(C)c12.Cc1cc(C[C@H](C(=O)O)N(C)C(=O)N2CCC(C3=Cc4ccccc4CC3=O)CC2)cc2cnn(C)c12.[Li+].[OH-]. The number of nitrogens with one attached hydrogen (secondary N) is 1. The number of benzene rings is 6. The first-order chi connectivity index (χ1) is 68.4. The molecule has 0 saturated carbocycles. The number of nitrogens with zero attached hydrogens (tertiary/aromatic N) is 17. The van der Waals surface area contributed by atoms with Gasteiger partial charge in [0.05, 0.1) is 47.3 Å². The number of urea groups is 3. The zero-order valence-corrected chi connectivity index (χ0v) is 87.3. The van der Waals surface area contributed by atoms with Crippen molar-refractivity contribution in [2.45, 2.75) is 187 Å². The van der Waals surface area contributed by atoms with Crippen molar-refractivity contribution >= 4 is 104 Å². The number of ketones is 4. The van der Waals surface area contributed by atoms with Crippen molar-refractivity contribution < 1.29 is 77.3 Å². The van der Waals surface area contributed by atoms with E-state index in [-0.39, 0.29) is 95.6 Å². The van der Waals surface area contributed by atoms with Gasteiger partial charge in [0.1, 0.15) is 12.1 Å². The van der Waals surface area contributed by atoms with Crippen LogP contribution in [0.5, 0.6) is 0 Å². The number of carbonyl (C=O) groups is 9. The molecule has 7 amide bonds. The number of hydrogen-bond acceptors (Lipinski definition) is 19. The maximum Gasteiger partial charge on any atom is 1.00 e. The standard InChI is InChI=1S/C39H51N7O3.C30H34N4O3.C29H32N4O4.C10H21N3.C5H10O.Li.H2O/c1-27-21-28(22-32-26-40-43(4)37(27)32)23-35(38(48)45-19-17-44(18-20-45)33-11-13-41(2)14-12-33)42(3)39(49)46-15-9-29(10-16-46)34-24-30-7-5-6-8-31(30)25-36(34)47;1-19-13-21(14-25-18-31-33(4)29(19)25)15-27(20(2)35)32(3)30(37)34-11-9-22(10-12-34)26-16-23-7-5-6-8-24(23)17-28(26)36;1-18-12-19(13-23-17-30-32(3)27(18)23)14-25(28(35)36)31(2)29(37)33-10-8-20(9-11-33)24-15-21-6-4-5-7-22(21)16-26(24)34;1-12-6-2-10(3-7-12)13-8-4-11-5-9-13;1-5-3-2-4-6-5;;/h5-8,21-22,24,26,29,33,35H,9-20,23,25H2,1-4H3;5-8,13-14,16,18,22,27H,9-12,15,17H2,1-4H3;4-7,12-13,15,17,20,25H,8-11,14,16H2,1-3H3,(H,35,36);10-11H,2-9H2,1H3;5H,2-4H2,1H3;;1H2/q;;;;;+1;/p-1/t35-;27-;25-;;;;/m111..../s1. The van der Waals surface area contributed by atoms with Gasteiger partial charge in [-0.2, -0.15) is 15.3 Å². The number of rotatable bonds is 17. The van der Waals surface area contributed by atoms with Gasteiger partial charge in [0.25, 0.3) is 0 Å². The van der Waals surface area contributed by atoms with Gasteiger partial charge < -0.3 is 64.7 Å². The fraction of sp³-hybridized carbons (Fsp3) is 0.522. The minimum absolute atomic E-state index is 0. The number of Topliss-reactive ketones (excluding diaryl/α,β-unsaturated/α-hetero) is 4. The molecule has 6 aromatic carbocycles. The summed E-state index contributed by atoms with van der Waals surface area (Å²) in [6, 6.07) is 35.2. The number of piperazine rings is 2. The molecule has 0 radical (unpaired) electrons. The number of amides is 7. The van der Waals surface area contributed by atoms with E-state index < -0.39 is 24.1 Å². The fourth-order valence-corrected chi connectivity index (χ4v) is 23.6. The largest absolute Gasteiger partial charge is 1.00 e. The molecule has 8 saturated heterocycles. The van der Waals surface area contributed by atoms with Gasteiger partial charge in [-0.05, 0) is 290 Å². The van der Waals surface area contributed by atoms with Gasteiger partial charge in [0.2, 0.25) is 5.91 Å². The molecule has 3 aliphatic carbocycles. The summed E-state index contributed by atoms with van der Waals surface area (Å²) in [6.07, 6.45) is 26.6. The van der Waals surface area contributed by atoms with E-state index >= 15 is 0 Å². The monoisotopic (exact) mass is 1960 g/mol. The number of allylic oxidation sites excluding steroid dienone is 3. The summed E-state index contributed by atoms with van der Waals surface area (Å²) in [5.41, 5.74) is 18.5. The molecule has 11 heterocycles. The maximum atomic E-state index is 14.4. The van der Waals surface area contributed by atoms with Crippen LogP contribution in [-0.4, -0.2) is 343 Å². The Morgan fingerprint density at radius 3 is 1.08 bits per heavy atom. The van der Waals surface area contributed by atoms with Crippen LogP contribution in [0.25, 0.3) is 50.9 Å². The van der Waals surface area contributed by atoms with Crippen LogP contribution in [-0.2, 0) is 93.2 Å². The molecule has 9 aromatic rings. The molecule has 30 nitrogen and oxygen atoms in total. The molecule has 31 heteroatoms. The van der Waals surface area contributed by atoms with Crippen molar-refractivity contribution in [1.29, 1.82) is 0 Å². The molecule has 3 N–H and O–H groups in total. The third-order valence-corrected chi connectivity index (χ3v) is 32.0. The second-order valence-electron chi connectivity index (χ2n) is 41.7. The Morgan fingerprint density at radius 2 is 0.750 bits per heavy atom. The Labute approximate surface area is 861 Å². The zero-order valence-electron chi connectivity index (χ0n) is 87.3. The predicted octanol–water partition coefficient (Wildman–Crippen LogP) is 10.2. The van der Waals surface area contributed by atoms with Crippen LogP contribution in [0.15, 0.2) is 145 Å². The number of piperidine rings is 5. The minimum atomic E-state index is -1.04. The summed E-state index contributed by atoms with van der Waals surface area (Å²) in [4.78, 5) is 141. The van der Waals surface area contributed by atoms with Crippen LogP contribution < -0.4 is 24.2 Å². The summed E-state index contributed by atoms with van der Waals surface area (Å²) >= 11 is 0. The predicted molar refractivity (Wildman–Crippen MR) is 559 cm³/mol. The van der Waals surface area contributed by atoms with E-state index in [4.69, 9.17) is 4.74 Å². The van der Waals surface area contributed by atoms with E-state index in [1.807, 2.05) is 156 Å². The Kier molecular flexibility index (Phi) is 37.1. The molecule has 8 aliphatic heterocycles. The van der Waals surface area contributed by atoms with Gasteiger partial charge in [-0.25, -0.2) is 19.2 Å². The molecule has 4 atom stereocenters. The molecular formula is C113H149LiN18O12. The van der Waals surface area contributed by atoms with Crippen molar-refractivity contribution in [3.05, 3.63) is 211 Å². The van der Waals surface area contributed by atoms with Gasteiger partial charge >= 0.3 is 42.9 Å². The van der Waals surface area contributed by atoms with Gasteiger partial charge in [-0.3, -0.25) is 47.8 Å². The molecule has 8 fully saturated rings. The van der Waals surface area contributed by atoms with Gasteiger partial charge in [-0.15, -0.1) is 0 Å². The van der Waals surface area contributed by atoms with Crippen molar-refractivity contribution in [2.24, 2.45) is 38.9 Å². The van der Waals surface area contributed by atoms with Crippen LogP contribution >= 0.6 is 0 Å². The first-order valence-electron chi connectivity index (χ1n) is 51.8. The number of likely N-dealkylation sites (tertiary alicyclic amines) is 5. The molecule has 20 rings (SSSR count). The van der Waals surface area contributed by atoms with Crippen molar-refractivity contribution in [3.63, 3.8) is 0 Å². The second kappa shape index (κ2) is 49.3. The number of hydrogen-bond donors (Lipinski definition) is 2. The molecule has 3 aromatic heterocycles. The molecule has 764 valence electrons. The Bertz CT molecular complexity index is 5940. The second-order valence-corrected chi connectivity index (χ2v) is 41.7. The van der Waals surface area contributed by atoms with Crippen molar-refractivity contribution in [3.8, 4) is 0 Å². The van der Waals surface area contributed by atoms with Crippen LogP contribution in [0.3, 0.4) is 0 Å². The smallest absolute Gasteiger partial charge is 0.870 e. The first-order valence-corrected chi connectivity index (χ1v) is 51.8. The number of likely N-dealkylation sites (N-methyl/N-ethyl adjacent to an activating group) is 3. The van der Waals surface area contributed by atoms with Crippen molar-refractivity contribution in [2.75, 3.05) is 160 Å². The van der Waals surface area contributed by atoms with Gasteiger partial charge in [-0.1, -0.05) is 91.0 Å². The molecule has 0 spiro atoms. The average molecular weight is 1960 g/mol. The Balaban J connectivity index is 0.000000157. The van der Waals surface area contributed by atoms with E-state index in [1.165, 1.54) is 82.7 Å². The third-order valence-electron chi connectivity index (χ3n) is 32.0. The summed E-state index contributed by atoms with van der Waals surface area (Å²) < 4.78 is 10.7. The number of ether oxygens (including phenoxy) is 1. The number of aliphatic carboxylic acids is 1. The fourth-order valence-electron chi connectivity index (χ4n) is 23.6. The number of aromatic nitrogens is 6. The maximum absolute atomic E-state index is 14.4. The summed E-state index contributed by atoms with van der Waals surface area (Å²) in [5.74, 6) is -0.0872. The van der Waals surface area contributed by atoms with Crippen LogP contribution in [0.2, 0.25) is 0 Å². The van der Waals surface area contributed by atoms with Crippen LogP contribution in [0.1, 0.15) is 158 Å². The number of fused-ring (bicyclic) bond motifs is 6. The van der Waals surface area contributed by atoms with E-state index in [0.717, 1.165) is 181 Å². The Hall–Kier alpha value is -11.3. The molecule has 1 unspecified atom stereocenters. The summed E-state index contributed by atoms with van der Waals surface area (Å²) in [5, 5.41) is 29.5.